The van der Waals surface area contributed by atoms with E-state index in [1.54, 1.807) is 24.3 Å². The maximum absolute atomic E-state index is 12.4. The number of carbonyl (C=O) groups is 1. The van der Waals surface area contributed by atoms with Gasteiger partial charge in [0, 0.05) is 69.2 Å². The van der Waals surface area contributed by atoms with Crippen molar-refractivity contribution >= 4 is 5.91 Å². The van der Waals surface area contributed by atoms with Crippen LogP contribution in [0.25, 0.3) is 11.3 Å². The van der Waals surface area contributed by atoms with E-state index < -0.39 is 0 Å². The molecule has 13 nitrogen and oxygen atoms in total. The van der Waals surface area contributed by atoms with Gasteiger partial charge in [0.15, 0.2) is 0 Å². The van der Waals surface area contributed by atoms with Crippen molar-refractivity contribution < 1.29 is 13.9 Å². The lowest BCUT2D eigenvalue weighted by Gasteiger charge is -2.32. The van der Waals surface area contributed by atoms with Crippen molar-refractivity contribution in [3.63, 3.8) is 0 Å². The van der Waals surface area contributed by atoms with Crippen LogP contribution >= 0.6 is 0 Å². The molecule has 1 amide bonds. The number of likely N-dealkylation sites (tertiary alicyclic amines) is 1. The van der Waals surface area contributed by atoms with Gasteiger partial charge in [-0.15, -0.1) is 5.10 Å². The summed E-state index contributed by atoms with van der Waals surface area (Å²) in [6, 6.07) is 54.9. The molecule has 2 saturated heterocycles. The molecule has 9 aromatic rings. The van der Waals surface area contributed by atoms with Gasteiger partial charge in [-0.25, -0.2) is 9.67 Å². The molecule has 0 atom stereocenters. The number of aryl methyl sites for hydroxylation is 8. The van der Waals surface area contributed by atoms with Crippen LogP contribution in [0.1, 0.15) is 124 Å². The average molecular weight is 1220 g/mol. The lowest BCUT2D eigenvalue weighted by atomic mass is 10.1. The van der Waals surface area contributed by atoms with Crippen LogP contribution in [-0.4, -0.2) is 129 Å². The van der Waals surface area contributed by atoms with Crippen LogP contribution in [0.5, 0.6) is 0 Å². The van der Waals surface area contributed by atoms with E-state index in [1.807, 2.05) is 60.7 Å². The predicted octanol–water partition coefficient (Wildman–Crippen LogP) is 15.9. The molecule has 2 aliphatic heterocycles. The van der Waals surface area contributed by atoms with Gasteiger partial charge in [-0.1, -0.05) is 182 Å². The third-order valence-electron chi connectivity index (χ3n) is 15.6. The second kappa shape index (κ2) is 40.4. The lowest BCUT2D eigenvalue weighted by molar-refractivity contribution is 0.0664. The largest absolute Gasteiger partial charge is 0.502 e. The molecule has 0 bridgehead atoms. The van der Waals surface area contributed by atoms with Gasteiger partial charge >= 0.3 is 0 Å². The summed E-state index contributed by atoms with van der Waals surface area (Å²) in [5, 5.41) is 10.9. The van der Waals surface area contributed by atoms with Crippen LogP contribution in [0.2, 0.25) is 0 Å². The number of tetrazole rings is 1. The fraction of sp³-hybridized carbons (Fsp3) is 0.390. The second-order valence-electron chi connectivity index (χ2n) is 23.9. The first-order chi connectivity index (χ1) is 43.1. The van der Waals surface area contributed by atoms with E-state index in [0.717, 1.165) is 93.5 Å². The Balaban J connectivity index is 0.000000198. The number of carbonyl (C=O) groups excluding carboxylic acids is 1. The molecular weight excluding hydrogens is 1110 g/mol. The number of amides is 1. The summed E-state index contributed by atoms with van der Waals surface area (Å²) in [6.07, 6.45) is 18.4. The van der Waals surface area contributed by atoms with Crippen molar-refractivity contribution in [2.24, 2.45) is 0 Å². The zero-order valence-electron chi connectivity index (χ0n) is 55.2. The minimum absolute atomic E-state index is 0. The predicted molar refractivity (Wildman–Crippen MR) is 373 cm³/mol. The molecule has 0 spiro atoms. The van der Waals surface area contributed by atoms with Gasteiger partial charge in [0.1, 0.15) is 17.8 Å². The molecule has 13 heteroatoms. The number of benzene rings is 6. The SMILES string of the molecule is C.C=C(CCCc1ccc(C)cc1)OC.Cc1ccc(-c2ccc(C(=O)N3CCN(C)CC3)cc2)o1.Cc1ccc(CCCCN(C)C)cc1.Cc1ccc(CN2CCCCC2)cc1.Cc1ccc(Cn2ccnc2)cc1.Cc1ccc(Cn2cnnn2)cc1. The summed E-state index contributed by atoms with van der Waals surface area (Å²) < 4.78 is 14.4. The summed E-state index contributed by atoms with van der Waals surface area (Å²) in [4.78, 5) is 25.4. The number of hydrogen-bond donors (Lipinski definition) is 0. The molecule has 11 rings (SSSR count). The number of piperidine rings is 1. The first-order valence-electron chi connectivity index (χ1n) is 31.7. The summed E-state index contributed by atoms with van der Waals surface area (Å²) >= 11 is 0. The number of rotatable bonds is 18. The summed E-state index contributed by atoms with van der Waals surface area (Å²) in [6.45, 7) is 26.3. The smallest absolute Gasteiger partial charge is 0.253 e. The van der Waals surface area contributed by atoms with Gasteiger partial charge in [-0.2, -0.15) is 0 Å². The number of imidazole rings is 1. The van der Waals surface area contributed by atoms with Crippen LogP contribution in [-0.2, 0) is 37.2 Å². The number of nitrogens with zero attached hydrogens (tertiary/aromatic N) is 10. The Bertz CT molecular complexity index is 3230. The number of ether oxygens (including phenoxy) is 1. The number of hydrogen-bond acceptors (Lipinski definition) is 10. The number of aromatic nitrogens is 6. The summed E-state index contributed by atoms with van der Waals surface area (Å²) in [5.41, 5.74) is 15.1. The van der Waals surface area contributed by atoms with E-state index in [9.17, 15) is 4.79 Å². The number of piperazine rings is 1. The molecule has 6 aromatic carbocycles. The zero-order valence-corrected chi connectivity index (χ0v) is 55.2. The third kappa shape index (κ3) is 28.5. The highest BCUT2D eigenvalue weighted by Crippen LogP contribution is 2.23. The van der Waals surface area contributed by atoms with Gasteiger partial charge in [0.2, 0.25) is 0 Å². The molecule has 0 unspecified atom stereocenters. The minimum Gasteiger partial charge on any atom is -0.502 e. The maximum Gasteiger partial charge on any atom is 0.253 e. The highest BCUT2D eigenvalue weighted by Gasteiger charge is 2.20. The van der Waals surface area contributed by atoms with Gasteiger partial charge in [0.25, 0.3) is 5.91 Å². The normalized spacial score (nSPS) is 12.8. The third-order valence-corrected chi connectivity index (χ3v) is 15.6. The van der Waals surface area contributed by atoms with Crippen molar-refractivity contribution in [1.29, 1.82) is 0 Å². The molecule has 90 heavy (non-hydrogen) atoms. The molecular formula is C77H104N10O3. The number of unbranched alkanes of at least 4 members (excludes halogenated alkanes) is 1. The number of likely N-dealkylation sites (N-methyl/N-ethyl adjacent to an activating group) is 1. The number of methoxy groups -OCH3 is 1. The van der Waals surface area contributed by atoms with Crippen molar-refractivity contribution in [2.45, 2.75) is 126 Å². The molecule has 0 N–H and O–H groups in total. The van der Waals surface area contributed by atoms with E-state index in [4.69, 9.17) is 9.15 Å². The first-order valence-corrected chi connectivity index (χ1v) is 31.7. The first kappa shape index (κ1) is 72.5. The number of allylic oxidation sites excluding steroid dienone is 1. The van der Waals surface area contributed by atoms with Crippen molar-refractivity contribution in [1.82, 2.24) is 49.4 Å². The topological polar surface area (TPSA) is 114 Å². The van der Waals surface area contributed by atoms with E-state index >= 15 is 0 Å². The molecule has 480 valence electrons. The zero-order chi connectivity index (χ0) is 63.6. The Hall–Kier alpha value is -8.23. The standard InChI is InChI=1S/C17H20N2O2.C13H19N.C13H21N.C13H18O.C11H12N2.C9H10N4.CH4/c1-13-3-8-16(21-13)14-4-6-15(7-5-14)17(20)19-11-9-18(2)10-12-19;1-12-5-7-13(8-6-12)11-14-9-3-2-4-10-14;1-12-7-9-13(10-8-12)6-4-5-11-14(2)3;1-11-7-9-13(10-8-11)6-4-5-12(2)14-3;1-10-2-4-11(5-3-10)8-13-7-6-12-9-13;1-8-2-4-9(5-3-8)6-13-7-10-11-12-13;/h3-8H,9-12H2,1-2H3;5-8H,2-4,9-11H2,1H3;7-10H,4-6,11H2,1-3H3;7-10H,2,4-6H2,1,3H3;2-7,9H,8H2,1H3;2-5,7H,6H2,1H3;1H4. The monoisotopic (exact) mass is 1220 g/mol. The highest BCUT2D eigenvalue weighted by molar-refractivity contribution is 5.94. The minimum atomic E-state index is 0. The van der Waals surface area contributed by atoms with Crippen LogP contribution in [0, 0.1) is 41.5 Å². The average Bonchev–Trinajstić information content (AvgIpc) is 2.93. The van der Waals surface area contributed by atoms with Crippen LogP contribution in [0.4, 0.5) is 0 Å². The van der Waals surface area contributed by atoms with E-state index in [1.165, 1.54) is 114 Å². The molecule has 3 aromatic heterocycles. The van der Waals surface area contributed by atoms with Gasteiger partial charge < -0.3 is 28.4 Å². The molecule has 5 heterocycles. The van der Waals surface area contributed by atoms with Gasteiger partial charge in [-0.05, 0) is 190 Å². The number of furan rings is 1. The van der Waals surface area contributed by atoms with Gasteiger partial charge in [0.05, 0.1) is 25.7 Å². The summed E-state index contributed by atoms with van der Waals surface area (Å²) in [7, 11) is 8.02. The van der Waals surface area contributed by atoms with Crippen LogP contribution in [0.3, 0.4) is 0 Å². The van der Waals surface area contributed by atoms with Crippen molar-refractivity contribution in [3.05, 3.63) is 262 Å². The van der Waals surface area contributed by atoms with E-state index in [0.29, 0.717) is 0 Å². The molecule has 0 radical (unpaired) electrons. The van der Waals surface area contributed by atoms with E-state index in [-0.39, 0.29) is 13.3 Å². The molecule has 0 saturated carbocycles. The highest BCUT2D eigenvalue weighted by atomic mass is 16.5. The Labute approximate surface area is 540 Å². The fourth-order valence-electron chi connectivity index (χ4n) is 9.90. The Kier molecular flexibility index (Phi) is 32.6. The van der Waals surface area contributed by atoms with Crippen LogP contribution < -0.4 is 0 Å². The molecule has 2 fully saturated rings. The quantitative estimate of drug-likeness (QED) is 0.0608. The van der Waals surface area contributed by atoms with E-state index in [2.05, 4.69) is 223 Å². The van der Waals surface area contributed by atoms with Crippen LogP contribution in [0.15, 0.2) is 200 Å². The lowest BCUT2D eigenvalue weighted by Crippen LogP contribution is -2.47. The maximum atomic E-state index is 12.4. The van der Waals surface area contributed by atoms with Gasteiger partial charge in [-0.3, -0.25) is 9.69 Å². The molecule has 2 aliphatic rings. The second-order valence-corrected chi connectivity index (χ2v) is 23.9. The Morgan fingerprint density at radius 1 is 0.567 bits per heavy atom. The van der Waals surface area contributed by atoms with Crippen molar-refractivity contribution in [3.8, 4) is 11.3 Å². The molecule has 0 aliphatic carbocycles. The summed E-state index contributed by atoms with van der Waals surface area (Å²) in [5.74, 6) is 2.72. The fourth-order valence-corrected chi connectivity index (χ4v) is 9.90. The Morgan fingerprint density at radius 2 is 1.07 bits per heavy atom. The Morgan fingerprint density at radius 3 is 1.52 bits per heavy atom. The van der Waals surface area contributed by atoms with Crippen molar-refractivity contribution in [2.75, 3.05) is 74.1 Å².